The minimum absolute atomic E-state index is 0.0836. The number of rotatable bonds is 5. The maximum atomic E-state index is 14.4. The van der Waals surface area contributed by atoms with Gasteiger partial charge in [-0.25, -0.2) is 14.0 Å². The molecular formula is C22H17F4N3O3. The lowest BCUT2D eigenvalue weighted by atomic mass is 10.0. The van der Waals surface area contributed by atoms with Gasteiger partial charge in [0.1, 0.15) is 17.6 Å². The molecule has 0 radical (unpaired) electrons. The molecule has 0 aliphatic rings. The summed E-state index contributed by atoms with van der Waals surface area (Å²) >= 11 is 0. The summed E-state index contributed by atoms with van der Waals surface area (Å²) in [5.41, 5.74) is -0.696. The topological polar surface area (TPSA) is 80.3 Å². The highest BCUT2D eigenvalue weighted by Gasteiger charge is 2.31. The lowest BCUT2D eigenvalue weighted by Crippen LogP contribution is -2.34. The second-order valence-corrected chi connectivity index (χ2v) is 6.56. The number of methoxy groups -OCH3 is 1. The molecule has 0 aliphatic heterocycles. The Morgan fingerprint density at radius 2 is 1.69 bits per heavy atom. The maximum Gasteiger partial charge on any atom is 0.416 e. The van der Waals surface area contributed by atoms with Crippen molar-refractivity contribution >= 4 is 17.7 Å². The molecule has 3 aromatic rings. The van der Waals surface area contributed by atoms with Gasteiger partial charge in [0.2, 0.25) is 0 Å². The molecule has 1 atom stereocenters. The van der Waals surface area contributed by atoms with Gasteiger partial charge >= 0.3 is 18.2 Å². The Morgan fingerprint density at radius 1 is 1.00 bits per heavy atom. The lowest BCUT2D eigenvalue weighted by molar-refractivity contribution is -0.137. The standard InChI is InChI=1S/C22H17F4N3O3/c1-32-20(30)15-5-2-3-7-17(15)28-21(31)29-18(19-16(23)6-4-12-27-19)13-8-10-14(11-9-13)22(24,25)26/h2-12,18H,1H3,(H2,28,29,31)/t18-/m0/s1. The number of carbonyl (C=O) groups excluding carboxylic acids is 2. The molecule has 0 aliphatic carbocycles. The second-order valence-electron chi connectivity index (χ2n) is 6.56. The minimum Gasteiger partial charge on any atom is -0.465 e. The number of nitrogens with zero attached hydrogens (tertiary/aromatic N) is 1. The summed E-state index contributed by atoms with van der Waals surface area (Å²) in [6.07, 6.45) is -3.26. The predicted octanol–water partition coefficient (Wildman–Crippen LogP) is 4.94. The summed E-state index contributed by atoms with van der Waals surface area (Å²) < 4.78 is 57.8. The van der Waals surface area contributed by atoms with Crippen molar-refractivity contribution < 1.29 is 31.9 Å². The Balaban J connectivity index is 1.91. The largest absolute Gasteiger partial charge is 0.465 e. The van der Waals surface area contributed by atoms with E-state index in [9.17, 15) is 27.2 Å². The van der Waals surface area contributed by atoms with E-state index in [1.165, 1.54) is 31.5 Å². The zero-order chi connectivity index (χ0) is 23.3. The fraction of sp³-hybridized carbons (Fsp3) is 0.136. The fourth-order valence-electron chi connectivity index (χ4n) is 2.95. The zero-order valence-corrected chi connectivity index (χ0v) is 16.6. The summed E-state index contributed by atoms with van der Waals surface area (Å²) in [5, 5.41) is 4.97. The molecule has 0 saturated heterocycles. The fourth-order valence-corrected chi connectivity index (χ4v) is 2.95. The summed E-state index contributed by atoms with van der Waals surface area (Å²) in [5.74, 6) is -1.44. The van der Waals surface area contributed by atoms with E-state index in [1.807, 2.05) is 0 Å². The van der Waals surface area contributed by atoms with Crippen LogP contribution < -0.4 is 10.6 Å². The van der Waals surface area contributed by atoms with Gasteiger partial charge in [-0.1, -0.05) is 24.3 Å². The molecule has 1 heterocycles. The first-order valence-corrected chi connectivity index (χ1v) is 9.23. The number of carbonyl (C=O) groups is 2. The van der Waals surface area contributed by atoms with Gasteiger partial charge in [0.05, 0.1) is 23.9 Å². The predicted molar refractivity (Wildman–Crippen MR) is 107 cm³/mol. The van der Waals surface area contributed by atoms with Gasteiger partial charge < -0.3 is 15.4 Å². The number of halogens is 4. The smallest absolute Gasteiger partial charge is 0.416 e. The van der Waals surface area contributed by atoms with Crippen LogP contribution in [-0.4, -0.2) is 24.1 Å². The molecule has 166 valence electrons. The number of nitrogens with one attached hydrogen (secondary N) is 2. The minimum atomic E-state index is -4.55. The van der Waals surface area contributed by atoms with Crippen LogP contribution in [0, 0.1) is 5.82 Å². The molecule has 32 heavy (non-hydrogen) atoms. The van der Waals surface area contributed by atoms with E-state index in [2.05, 4.69) is 20.4 Å². The molecule has 0 saturated carbocycles. The molecular weight excluding hydrogens is 430 g/mol. The SMILES string of the molecule is COC(=O)c1ccccc1NC(=O)N[C@@H](c1ccc(C(F)(F)F)cc1)c1ncccc1F. The Bertz CT molecular complexity index is 1120. The van der Waals surface area contributed by atoms with E-state index in [4.69, 9.17) is 0 Å². The van der Waals surface area contributed by atoms with Crippen LogP contribution in [0.2, 0.25) is 0 Å². The summed E-state index contributed by atoms with van der Waals surface area (Å²) in [6.45, 7) is 0. The number of esters is 1. The second kappa shape index (κ2) is 9.46. The Labute approximate surface area is 180 Å². The number of hydrogen-bond donors (Lipinski definition) is 2. The molecule has 2 N–H and O–H groups in total. The van der Waals surface area contributed by atoms with Gasteiger partial charge in [-0.3, -0.25) is 4.98 Å². The van der Waals surface area contributed by atoms with E-state index < -0.39 is 35.6 Å². The van der Waals surface area contributed by atoms with Crippen LogP contribution in [0.4, 0.5) is 28.0 Å². The number of urea groups is 1. The van der Waals surface area contributed by atoms with Crippen molar-refractivity contribution in [1.29, 1.82) is 0 Å². The van der Waals surface area contributed by atoms with Crippen molar-refractivity contribution in [3.05, 3.63) is 95.1 Å². The van der Waals surface area contributed by atoms with E-state index in [1.54, 1.807) is 12.1 Å². The zero-order valence-electron chi connectivity index (χ0n) is 16.6. The summed E-state index contributed by atoms with van der Waals surface area (Å²) in [4.78, 5) is 28.5. The summed E-state index contributed by atoms with van der Waals surface area (Å²) in [7, 11) is 1.18. The number of hydrogen-bond acceptors (Lipinski definition) is 4. The maximum absolute atomic E-state index is 14.4. The number of amides is 2. The van der Waals surface area contributed by atoms with Crippen LogP contribution in [0.3, 0.4) is 0 Å². The number of benzene rings is 2. The van der Waals surface area contributed by atoms with Crippen LogP contribution in [0.5, 0.6) is 0 Å². The van der Waals surface area contributed by atoms with Gasteiger partial charge in [0.15, 0.2) is 0 Å². The van der Waals surface area contributed by atoms with E-state index in [0.717, 1.165) is 30.3 Å². The molecule has 2 amide bonds. The lowest BCUT2D eigenvalue weighted by Gasteiger charge is -2.21. The first kappa shape index (κ1) is 22.7. The van der Waals surface area contributed by atoms with E-state index >= 15 is 0 Å². The quantitative estimate of drug-likeness (QED) is 0.429. The van der Waals surface area contributed by atoms with Crippen LogP contribution in [-0.2, 0) is 10.9 Å². The highest BCUT2D eigenvalue weighted by molar-refractivity contribution is 6.00. The van der Waals surface area contributed by atoms with Crippen LogP contribution in [0.15, 0.2) is 66.9 Å². The average Bonchev–Trinajstić information content (AvgIpc) is 2.77. The number of alkyl halides is 3. The van der Waals surface area contributed by atoms with Crippen molar-refractivity contribution in [3.63, 3.8) is 0 Å². The van der Waals surface area contributed by atoms with Gasteiger partial charge in [-0.05, 0) is 42.0 Å². The molecule has 3 rings (SSSR count). The Hall–Kier alpha value is -3.95. The van der Waals surface area contributed by atoms with Crippen molar-refractivity contribution in [2.45, 2.75) is 12.2 Å². The average molecular weight is 447 g/mol. The normalized spacial score (nSPS) is 12.0. The Morgan fingerprint density at radius 3 is 2.31 bits per heavy atom. The number of aromatic nitrogens is 1. The molecule has 1 aromatic heterocycles. The molecule has 0 fully saturated rings. The number of anilines is 1. The third kappa shape index (κ3) is 5.20. The van der Waals surface area contributed by atoms with Crippen molar-refractivity contribution in [3.8, 4) is 0 Å². The van der Waals surface area contributed by atoms with Crippen LogP contribution in [0.1, 0.15) is 33.2 Å². The van der Waals surface area contributed by atoms with Gasteiger partial charge in [0.25, 0.3) is 0 Å². The molecule has 0 bridgehead atoms. The number of pyridine rings is 1. The molecule has 0 unspecified atom stereocenters. The number of para-hydroxylation sites is 1. The molecule has 10 heteroatoms. The van der Waals surface area contributed by atoms with Gasteiger partial charge in [0, 0.05) is 6.20 Å². The first-order valence-electron chi connectivity index (χ1n) is 9.23. The number of ether oxygens (including phenoxy) is 1. The summed E-state index contributed by atoms with van der Waals surface area (Å²) in [6, 6.07) is 10.4. The monoisotopic (exact) mass is 447 g/mol. The first-order chi connectivity index (χ1) is 15.2. The third-order valence-corrected chi connectivity index (χ3v) is 4.49. The highest BCUT2D eigenvalue weighted by atomic mass is 19.4. The van der Waals surface area contributed by atoms with Crippen LogP contribution >= 0.6 is 0 Å². The molecule has 0 spiro atoms. The van der Waals surface area contributed by atoms with Gasteiger partial charge in [-0.15, -0.1) is 0 Å². The van der Waals surface area contributed by atoms with Gasteiger partial charge in [-0.2, -0.15) is 13.2 Å². The molecule has 6 nitrogen and oxygen atoms in total. The highest BCUT2D eigenvalue weighted by Crippen LogP contribution is 2.31. The van der Waals surface area contributed by atoms with Crippen molar-refractivity contribution in [2.24, 2.45) is 0 Å². The Kier molecular flexibility index (Phi) is 6.72. The van der Waals surface area contributed by atoms with Crippen molar-refractivity contribution in [1.82, 2.24) is 10.3 Å². The molecule has 2 aromatic carbocycles. The van der Waals surface area contributed by atoms with E-state index in [0.29, 0.717) is 0 Å². The third-order valence-electron chi connectivity index (χ3n) is 4.49. The van der Waals surface area contributed by atoms with Crippen LogP contribution in [0.25, 0.3) is 0 Å². The van der Waals surface area contributed by atoms with E-state index in [-0.39, 0.29) is 22.5 Å². The van der Waals surface area contributed by atoms with Crippen molar-refractivity contribution in [2.75, 3.05) is 12.4 Å².